The van der Waals surface area contributed by atoms with Gasteiger partial charge in [-0.25, -0.2) is 4.98 Å². The molecular formula is C14H18N2O4. The number of ether oxygens (including phenoxy) is 2. The maximum Gasteiger partial charge on any atom is 0.263 e. The monoisotopic (exact) mass is 278 g/mol. The SMILES string of the molecule is Cc1ccc(OC(C)C(=O)N2CCOCC2)c(C=O)n1. The van der Waals surface area contributed by atoms with Gasteiger partial charge in [-0.2, -0.15) is 0 Å². The third kappa shape index (κ3) is 3.33. The molecule has 1 aliphatic heterocycles. The minimum Gasteiger partial charge on any atom is -0.478 e. The Morgan fingerprint density at radius 2 is 2.15 bits per heavy atom. The van der Waals surface area contributed by atoms with Gasteiger partial charge in [0.15, 0.2) is 12.4 Å². The average molecular weight is 278 g/mol. The number of carbonyl (C=O) groups is 2. The van der Waals surface area contributed by atoms with Crippen LogP contribution in [-0.4, -0.2) is 54.5 Å². The number of nitrogens with zero attached hydrogens (tertiary/aromatic N) is 2. The van der Waals surface area contributed by atoms with Crippen LogP contribution in [0.2, 0.25) is 0 Å². The van der Waals surface area contributed by atoms with Crippen molar-refractivity contribution in [1.29, 1.82) is 0 Å². The third-order valence-corrected chi connectivity index (χ3v) is 3.11. The number of aromatic nitrogens is 1. The number of morpholine rings is 1. The van der Waals surface area contributed by atoms with Gasteiger partial charge in [-0.15, -0.1) is 0 Å². The van der Waals surface area contributed by atoms with Crippen LogP contribution in [0.15, 0.2) is 12.1 Å². The highest BCUT2D eigenvalue weighted by atomic mass is 16.5. The van der Waals surface area contributed by atoms with Crippen LogP contribution in [-0.2, 0) is 9.53 Å². The van der Waals surface area contributed by atoms with E-state index in [0.717, 1.165) is 5.69 Å². The molecule has 0 aliphatic carbocycles. The van der Waals surface area contributed by atoms with Gasteiger partial charge >= 0.3 is 0 Å². The Balaban J connectivity index is 2.05. The normalized spacial score (nSPS) is 16.6. The second-order valence-corrected chi connectivity index (χ2v) is 4.65. The molecule has 0 spiro atoms. The topological polar surface area (TPSA) is 68.7 Å². The summed E-state index contributed by atoms with van der Waals surface area (Å²) in [6.07, 6.45) is -0.0230. The quantitative estimate of drug-likeness (QED) is 0.763. The molecule has 2 heterocycles. The highest BCUT2D eigenvalue weighted by molar-refractivity contribution is 5.82. The van der Waals surface area contributed by atoms with Crippen molar-refractivity contribution in [2.45, 2.75) is 20.0 Å². The van der Waals surface area contributed by atoms with Gasteiger partial charge in [0, 0.05) is 18.8 Å². The molecule has 1 atom stereocenters. The van der Waals surface area contributed by atoms with Gasteiger partial charge in [-0.1, -0.05) is 0 Å². The Morgan fingerprint density at radius 1 is 1.45 bits per heavy atom. The van der Waals surface area contributed by atoms with Crippen LogP contribution >= 0.6 is 0 Å². The number of pyridine rings is 1. The van der Waals surface area contributed by atoms with E-state index in [-0.39, 0.29) is 11.6 Å². The first-order chi connectivity index (χ1) is 9.61. The van der Waals surface area contributed by atoms with E-state index >= 15 is 0 Å². The molecule has 6 heteroatoms. The zero-order chi connectivity index (χ0) is 14.5. The first-order valence-corrected chi connectivity index (χ1v) is 6.58. The molecule has 0 radical (unpaired) electrons. The highest BCUT2D eigenvalue weighted by Crippen LogP contribution is 2.17. The molecule has 1 amide bonds. The molecular weight excluding hydrogens is 260 g/mol. The lowest BCUT2D eigenvalue weighted by Gasteiger charge is -2.29. The molecule has 1 fully saturated rings. The largest absolute Gasteiger partial charge is 0.478 e. The predicted octanol–water partition coefficient (Wildman–Crippen LogP) is 0.829. The van der Waals surface area contributed by atoms with Gasteiger partial charge in [0.1, 0.15) is 11.4 Å². The fraction of sp³-hybridized carbons (Fsp3) is 0.500. The summed E-state index contributed by atoms with van der Waals surface area (Å²) >= 11 is 0. The van der Waals surface area contributed by atoms with Crippen LogP contribution in [0, 0.1) is 6.92 Å². The smallest absolute Gasteiger partial charge is 0.263 e. The van der Waals surface area contributed by atoms with E-state index in [0.29, 0.717) is 38.3 Å². The van der Waals surface area contributed by atoms with E-state index in [4.69, 9.17) is 9.47 Å². The summed E-state index contributed by atoms with van der Waals surface area (Å²) in [5.74, 6) is 0.227. The number of hydrogen-bond acceptors (Lipinski definition) is 5. The lowest BCUT2D eigenvalue weighted by atomic mass is 10.2. The molecule has 0 aromatic carbocycles. The van der Waals surface area contributed by atoms with E-state index in [1.165, 1.54) is 0 Å². The molecule has 0 N–H and O–H groups in total. The minimum absolute atomic E-state index is 0.106. The van der Waals surface area contributed by atoms with Crippen molar-refractivity contribution in [2.75, 3.05) is 26.3 Å². The van der Waals surface area contributed by atoms with Crippen LogP contribution in [0.1, 0.15) is 23.1 Å². The summed E-state index contributed by atoms with van der Waals surface area (Å²) < 4.78 is 10.8. The number of aryl methyl sites for hydroxylation is 1. The van der Waals surface area contributed by atoms with Gasteiger partial charge in [0.2, 0.25) is 0 Å². The van der Waals surface area contributed by atoms with Crippen LogP contribution < -0.4 is 4.74 Å². The summed E-state index contributed by atoms with van der Waals surface area (Å²) in [6.45, 7) is 5.69. The molecule has 1 aromatic rings. The number of hydrogen-bond donors (Lipinski definition) is 0. The maximum atomic E-state index is 12.2. The van der Waals surface area contributed by atoms with Crippen LogP contribution in [0.3, 0.4) is 0 Å². The molecule has 108 valence electrons. The molecule has 1 unspecified atom stereocenters. The number of rotatable bonds is 4. The van der Waals surface area contributed by atoms with E-state index in [2.05, 4.69) is 4.98 Å². The second kappa shape index (κ2) is 6.47. The highest BCUT2D eigenvalue weighted by Gasteiger charge is 2.24. The van der Waals surface area contributed by atoms with E-state index in [1.807, 2.05) is 0 Å². The first-order valence-electron chi connectivity index (χ1n) is 6.58. The van der Waals surface area contributed by atoms with Gasteiger partial charge in [0.05, 0.1) is 13.2 Å². The van der Waals surface area contributed by atoms with Gasteiger partial charge in [-0.05, 0) is 26.0 Å². The van der Waals surface area contributed by atoms with E-state index < -0.39 is 6.10 Å². The Morgan fingerprint density at radius 3 is 2.80 bits per heavy atom. The molecule has 2 rings (SSSR count). The van der Waals surface area contributed by atoms with Crippen molar-refractivity contribution in [1.82, 2.24) is 9.88 Å². The molecule has 1 saturated heterocycles. The van der Waals surface area contributed by atoms with Crippen molar-refractivity contribution in [3.8, 4) is 5.75 Å². The lowest BCUT2D eigenvalue weighted by molar-refractivity contribution is -0.142. The lowest BCUT2D eigenvalue weighted by Crippen LogP contribution is -2.46. The molecule has 1 aromatic heterocycles. The van der Waals surface area contributed by atoms with Gasteiger partial charge in [-0.3, -0.25) is 9.59 Å². The van der Waals surface area contributed by atoms with Crippen molar-refractivity contribution in [3.05, 3.63) is 23.5 Å². The van der Waals surface area contributed by atoms with E-state index in [1.54, 1.807) is 30.9 Å². The van der Waals surface area contributed by atoms with Crippen LogP contribution in [0.25, 0.3) is 0 Å². The Labute approximate surface area is 117 Å². The molecule has 0 saturated carbocycles. The summed E-state index contributed by atoms with van der Waals surface area (Å²) in [7, 11) is 0. The van der Waals surface area contributed by atoms with Gasteiger partial charge in [0.25, 0.3) is 5.91 Å². The Kier molecular flexibility index (Phi) is 4.68. The zero-order valence-electron chi connectivity index (χ0n) is 11.7. The summed E-state index contributed by atoms with van der Waals surface area (Å²) in [5, 5.41) is 0. The Hall–Kier alpha value is -1.95. The summed E-state index contributed by atoms with van der Waals surface area (Å²) in [4.78, 5) is 29.0. The molecule has 0 bridgehead atoms. The summed E-state index contributed by atoms with van der Waals surface area (Å²) in [5.41, 5.74) is 0.943. The molecule has 20 heavy (non-hydrogen) atoms. The van der Waals surface area contributed by atoms with Crippen LogP contribution in [0.4, 0.5) is 0 Å². The minimum atomic E-state index is -0.656. The number of amides is 1. The molecule has 1 aliphatic rings. The first kappa shape index (κ1) is 14.5. The fourth-order valence-corrected chi connectivity index (χ4v) is 2.03. The van der Waals surface area contributed by atoms with Crippen molar-refractivity contribution < 1.29 is 19.1 Å². The van der Waals surface area contributed by atoms with Gasteiger partial charge < -0.3 is 14.4 Å². The van der Waals surface area contributed by atoms with Crippen molar-refractivity contribution in [2.24, 2.45) is 0 Å². The molecule has 6 nitrogen and oxygen atoms in total. The number of aldehydes is 1. The predicted molar refractivity (Wildman–Crippen MR) is 71.9 cm³/mol. The zero-order valence-corrected chi connectivity index (χ0v) is 11.7. The van der Waals surface area contributed by atoms with Crippen LogP contribution in [0.5, 0.6) is 5.75 Å². The van der Waals surface area contributed by atoms with E-state index in [9.17, 15) is 9.59 Å². The Bertz CT molecular complexity index is 498. The standard InChI is InChI=1S/C14H18N2O4/c1-10-3-4-13(12(9-17)15-10)20-11(2)14(18)16-5-7-19-8-6-16/h3-4,9,11H,5-8H2,1-2H3. The third-order valence-electron chi connectivity index (χ3n) is 3.11. The second-order valence-electron chi connectivity index (χ2n) is 4.65. The van der Waals surface area contributed by atoms with Crippen molar-refractivity contribution >= 4 is 12.2 Å². The maximum absolute atomic E-state index is 12.2. The van der Waals surface area contributed by atoms with Crippen molar-refractivity contribution in [3.63, 3.8) is 0 Å². The summed E-state index contributed by atoms with van der Waals surface area (Å²) in [6, 6.07) is 3.41. The average Bonchev–Trinajstić information content (AvgIpc) is 2.49. The fourth-order valence-electron chi connectivity index (χ4n) is 2.03. The number of carbonyl (C=O) groups excluding carboxylic acids is 2.